The number of carbonyl (C=O) groups is 1. The van der Waals surface area contributed by atoms with Gasteiger partial charge < -0.3 is 15.0 Å². The molecule has 3 aliphatic rings. The molecule has 1 N–H and O–H groups in total. The first-order valence-corrected chi connectivity index (χ1v) is 11.0. The number of ether oxygens (including phenoxy) is 1. The average molecular weight is 425 g/mol. The van der Waals surface area contributed by atoms with Crippen LogP contribution >= 0.6 is 0 Å². The number of benzene rings is 1. The molecular weight excluding hydrogens is 395 g/mol. The van der Waals surface area contributed by atoms with Crippen molar-refractivity contribution >= 4 is 11.6 Å². The third-order valence-electron chi connectivity index (χ3n) is 6.75. The fraction of sp³-hybridized carbons (Fsp3) is 0.682. The first kappa shape index (κ1) is 21.3. The van der Waals surface area contributed by atoms with Crippen LogP contribution in [0.5, 0.6) is 5.75 Å². The van der Waals surface area contributed by atoms with E-state index in [1.165, 1.54) is 31.4 Å². The third kappa shape index (κ3) is 5.39. The molecule has 5 nitrogen and oxygen atoms in total. The Balaban J connectivity index is 1.20. The summed E-state index contributed by atoms with van der Waals surface area (Å²) in [7, 11) is 0. The molecule has 1 saturated heterocycles. The molecule has 1 aliphatic heterocycles. The number of amides is 1. The molecule has 30 heavy (non-hydrogen) atoms. The lowest BCUT2D eigenvalue weighted by Crippen LogP contribution is -2.54. The predicted molar refractivity (Wildman–Crippen MR) is 108 cm³/mol. The Morgan fingerprint density at radius 1 is 0.933 bits per heavy atom. The summed E-state index contributed by atoms with van der Waals surface area (Å²) in [5.74, 6) is 0.177. The Morgan fingerprint density at radius 3 is 2.10 bits per heavy atom. The summed E-state index contributed by atoms with van der Waals surface area (Å²) in [5, 5.41) is 3.37. The molecule has 1 amide bonds. The van der Waals surface area contributed by atoms with Crippen molar-refractivity contribution in [3.63, 3.8) is 0 Å². The van der Waals surface area contributed by atoms with Gasteiger partial charge in [0.15, 0.2) is 0 Å². The summed E-state index contributed by atoms with van der Waals surface area (Å²) < 4.78 is 40.7. The summed E-state index contributed by atoms with van der Waals surface area (Å²) in [4.78, 5) is 17.5. The third-order valence-corrected chi connectivity index (χ3v) is 6.75. The molecule has 0 radical (unpaired) electrons. The zero-order valence-corrected chi connectivity index (χ0v) is 17.2. The van der Waals surface area contributed by atoms with E-state index in [0.29, 0.717) is 5.91 Å². The quantitative estimate of drug-likeness (QED) is 0.766. The summed E-state index contributed by atoms with van der Waals surface area (Å²) in [6.07, 6.45) is 2.77. The zero-order valence-electron chi connectivity index (χ0n) is 17.2. The molecular formula is C22H30F3N3O2. The number of carbonyl (C=O) groups excluding carboxylic acids is 1. The van der Waals surface area contributed by atoms with Crippen LogP contribution in [0, 0.1) is 5.92 Å². The molecule has 2 aliphatic carbocycles. The van der Waals surface area contributed by atoms with Crippen molar-refractivity contribution < 1.29 is 22.7 Å². The van der Waals surface area contributed by atoms with E-state index in [4.69, 9.17) is 0 Å². The Kier molecular flexibility index (Phi) is 6.41. The van der Waals surface area contributed by atoms with E-state index in [9.17, 15) is 18.0 Å². The van der Waals surface area contributed by atoms with Crippen molar-refractivity contribution in [3.05, 3.63) is 24.3 Å². The standard InChI is InChI=1S/C22H30F3N3O2/c23-22(24,25)30-20-10-8-18(9-11-20)26-17-6-4-16(5-7-17)21(29)28-14-12-27(13-15-28)19-2-1-3-19/h8-11,16-17,19,26H,1-7,12-15H2. The van der Waals surface area contributed by atoms with E-state index in [0.717, 1.165) is 63.6 Å². The summed E-state index contributed by atoms with van der Waals surface area (Å²) in [5.41, 5.74) is 0.770. The highest BCUT2D eigenvalue weighted by Gasteiger charge is 2.34. The number of alkyl halides is 3. The van der Waals surface area contributed by atoms with E-state index in [1.807, 2.05) is 4.90 Å². The van der Waals surface area contributed by atoms with Crippen LogP contribution < -0.4 is 10.1 Å². The van der Waals surface area contributed by atoms with Gasteiger partial charge in [-0.25, -0.2) is 0 Å². The number of hydrogen-bond donors (Lipinski definition) is 1. The number of nitrogens with zero attached hydrogens (tertiary/aromatic N) is 2. The fourth-order valence-electron chi connectivity index (χ4n) is 4.79. The van der Waals surface area contributed by atoms with Crippen molar-refractivity contribution in [3.8, 4) is 5.75 Å². The van der Waals surface area contributed by atoms with Crippen LogP contribution in [0.15, 0.2) is 24.3 Å². The van der Waals surface area contributed by atoms with Crippen LogP contribution in [0.25, 0.3) is 0 Å². The summed E-state index contributed by atoms with van der Waals surface area (Å²) in [6, 6.07) is 6.80. The van der Waals surface area contributed by atoms with Gasteiger partial charge in [0, 0.05) is 49.9 Å². The number of rotatable bonds is 5. The van der Waals surface area contributed by atoms with Gasteiger partial charge in [-0.05, 0) is 62.8 Å². The molecule has 0 atom stereocenters. The van der Waals surface area contributed by atoms with Crippen molar-refractivity contribution in [2.75, 3.05) is 31.5 Å². The maximum Gasteiger partial charge on any atom is 0.573 e. The van der Waals surface area contributed by atoms with Crippen LogP contribution in [-0.4, -0.2) is 60.3 Å². The van der Waals surface area contributed by atoms with Crippen LogP contribution in [0.3, 0.4) is 0 Å². The second-order valence-electron chi connectivity index (χ2n) is 8.71. The van der Waals surface area contributed by atoms with Crippen LogP contribution in [0.2, 0.25) is 0 Å². The van der Waals surface area contributed by atoms with Crippen molar-refractivity contribution in [2.45, 2.75) is 63.4 Å². The van der Waals surface area contributed by atoms with Crippen LogP contribution in [0.1, 0.15) is 44.9 Å². The number of halogens is 3. The maximum absolute atomic E-state index is 12.9. The number of anilines is 1. The molecule has 8 heteroatoms. The van der Waals surface area contributed by atoms with Gasteiger partial charge in [0.05, 0.1) is 0 Å². The van der Waals surface area contributed by atoms with Crippen molar-refractivity contribution in [1.82, 2.24) is 9.80 Å². The maximum atomic E-state index is 12.9. The Morgan fingerprint density at radius 2 is 1.57 bits per heavy atom. The number of piperazine rings is 1. The van der Waals surface area contributed by atoms with Gasteiger partial charge in [-0.2, -0.15) is 0 Å². The monoisotopic (exact) mass is 425 g/mol. The zero-order chi connectivity index (χ0) is 21.1. The van der Waals surface area contributed by atoms with E-state index in [-0.39, 0.29) is 17.7 Å². The highest BCUT2D eigenvalue weighted by molar-refractivity contribution is 5.79. The molecule has 4 rings (SSSR count). The Hall–Kier alpha value is -1.96. The highest BCUT2D eigenvalue weighted by atomic mass is 19.4. The predicted octanol–water partition coefficient (Wildman–Crippen LogP) is 4.25. The second kappa shape index (κ2) is 9.04. The smallest absolute Gasteiger partial charge is 0.406 e. The van der Waals surface area contributed by atoms with Gasteiger partial charge in [-0.15, -0.1) is 13.2 Å². The minimum Gasteiger partial charge on any atom is -0.406 e. The first-order chi connectivity index (χ1) is 14.4. The van der Waals surface area contributed by atoms with Gasteiger partial charge in [0.1, 0.15) is 5.75 Å². The molecule has 0 unspecified atom stereocenters. The van der Waals surface area contributed by atoms with Crippen molar-refractivity contribution in [1.29, 1.82) is 0 Å². The first-order valence-electron chi connectivity index (χ1n) is 11.0. The lowest BCUT2D eigenvalue weighted by molar-refractivity contribution is -0.274. The summed E-state index contributed by atoms with van der Waals surface area (Å²) in [6.45, 7) is 3.70. The lowest BCUT2D eigenvalue weighted by atomic mass is 9.84. The second-order valence-corrected chi connectivity index (χ2v) is 8.71. The van der Waals surface area contributed by atoms with E-state index >= 15 is 0 Å². The minimum absolute atomic E-state index is 0.0980. The van der Waals surface area contributed by atoms with Gasteiger partial charge in [0.2, 0.25) is 5.91 Å². The topological polar surface area (TPSA) is 44.8 Å². The van der Waals surface area contributed by atoms with Crippen molar-refractivity contribution in [2.24, 2.45) is 5.92 Å². The van der Waals surface area contributed by atoms with Gasteiger partial charge in [-0.3, -0.25) is 9.69 Å². The highest BCUT2D eigenvalue weighted by Crippen LogP contribution is 2.31. The minimum atomic E-state index is -4.68. The SMILES string of the molecule is O=C(C1CCC(Nc2ccc(OC(F)(F)F)cc2)CC1)N1CCN(C2CCC2)CC1. The fourth-order valence-corrected chi connectivity index (χ4v) is 4.79. The van der Waals surface area contributed by atoms with E-state index < -0.39 is 6.36 Å². The summed E-state index contributed by atoms with van der Waals surface area (Å²) >= 11 is 0. The molecule has 1 heterocycles. The molecule has 2 saturated carbocycles. The molecule has 1 aromatic rings. The Labute approximate surface area is 175 Å². The number of nitrogens with one attached hydrogen (secondary N) is 1. The van der Waals surface area contributed by atoms with Gasteiger partial charge in [0.25, 0.3) is 0 Å². The van der Waals surface area contributed by atoms with E-state index in [2.05, 4.69) is 15.0 Å². The molecule has 0 spiro atoms. The molecule has 1 aromatic carbocycles. The normalized spacial score (nSPS) is 26.2. The number of hydrogen-bond acceptors (Lipinski definition) is 4. The molecule has 166 valence electrons. The Bertz CT molecular complexity index is 705. The largest absolute Gasteiger partial charge is 0.573 e. The average Bonchev–Trinajstić information content (AvgIpc) is 2.68. The van der Waals surface area contributed by atoms with Crippen LogP contribution in [0.4, 0.5) is 18.9 Å². The molecule has 3 fully saturated rings. The molecule has 0 aromatic heterocycles. The van der Waals surface area contributed by atoms with Crippen LogP contribution in [-0.2, 0) is 4.79 Å². The van der Waals surface area contributed by atoms with Gasteiger partial charge >= 0.3 is 6.36 Å². The van der Waals surface area contributed by atoms with Gasteiger partial charge in [-0.1, -0.05) is 6.42 Å². The van der Waals surface area contributed by atoms with E-state index in [1.54, 1.807) is 12.1 Å². The lowest BCUT2D eigenvalue weighted by Gasteiger charge is -2.44. The molecule has 0 bridgehead atoms.